The summed E-state index contributed by atoms with van der Waals surface area (Å²) in [5.41, 5.74) is 11.4. The Morgan fingerprint density at radius 3 is 2.85 bits per heavy atom. The first-order valence-corrected chi connectivity index (χ1v) is 7.22. The largest absolute Gasteiger partial charge is 0.361 e. The van der Waals surface area contributed by atoms with Crippen molar-refractivity contribution in [2.75, 3.05) is 0 Å². The summed E-state index contributed by atoms with van der Waals surface area (Å²) in [7, 11) is 0. The van der Waals surface area contributed by atoms with Crippen molar-refractivity contribution in [1.29, 1.82) is 0 Å². The van der Waals surface area contributed by atoms with Gasteiger partial charge in [0.05, 0.1) is 12.2 Å². The highest BCUT2D eigenvalue weighted by molar-refractivity contribution is 5.32. The third kappa shape index (κ3) is 2.18. The molecule has 0 amide bonds. The predicted molar refractivity (Wildman–Crippen MR) is 78.5 cm³/mol. The minimum Gasteiger partial charge on any atom is -0.361 e. The average molecular weight is 273 g/mol. The quantitative estimate of drug-likeness (QED) is 0.914. The molecule has 0 saturated carbocycles. The maximum atomic E-state index is 6.32. The molecule has 2 N–H and O–H groups in total. The van der Waals surface area contributed by atoms with E-state index < -0.39 is 0 Å². The van der Waals surface area contributed by atoms with Gasteiger partial charge in [-0.05, 0) is 43.7 Å². The summed E-state index contributed by atoms with van der Waals surface area (Å²) >= 11 is 0. The van der Waals surface area contributed by atoms with Crippen molar-refractivity contribution >= 4 is 0 Å². The second-order valence-electron chi connectivity index (χ2n) is 6.80. The van der Waals surface area contributed by atoms with E-state index in [1.807, 2.05) is 13.8 Å². The van der Waals surface area contributed by atoms with Gasteiger partial charge < -0.3 is 14.8 Å². The molecule has 3 rings (SSSR count). The summed E-state index contributed by atoms with van der Waals surface area (Å²) in [6.07, 6.45) is 4.28. The van der Waals surface area contributed by atoms with Gasteiger partial charge >= 0.3 is 0 Å². The van der Waals surface area contributed by atoms with Crippen LogP contribution in [-0.2, 0) is 13.0 Å². The molecule has 2 heterocycles. The lowest BCUT2D eigenvalue weighted by Gasteiger charge is -2.34. The smallest absolute Gasteiger partial charge is 0.138 e. The Bertz CT molecular complexity index is 617. The van der Waals surface area contributed by atoms with Gasteiger partial charge in [-0.1, -0.05) is 19.0 Å². The highest BCUT2D eigenvalue weighted by Crippen LogP contribution is 2.40. The molecule has 0 spiro atoms. The molecule has 20 heavy (non-hydrogen) atoms. The number of hydrogen-bond donors (Lipinski definition) is 1. The lowest BCUT2D eigenvalue weighted by molar-refractivity contribution is 0.276. The average Bonchev–Trinajstić information content (AvgIpc) is 2.87. The predicted octanol–water partition coefficient (Wildman–Crippen LogP) is 3.11. The molecule has 1 aliphatic carbocycles. The standard InChI is InChI=1S/C16H23N3O/c1-10-13(11(2)20-18-10)9-19-6-5-12-14(17)7-16(3,4)8-15(12)19/h5-6,14H,7-9,17H2,1-4H3. The van der Waals surface area contributed by atoms with E-state index in [1.165, 1.54) is 16.8 Å². The zero-order valence-corrected chi connectivity index (χ0v) is 12.7. The van der Waals surface area contributed by atoms with Crippen LogP contribution in [0.25, 0.3) is 0 Å². The molecular formula is C16H23N3O. The first-order valence-electron chi connectivity index (χ1n) is 7.22. The molecule has 0 aromatic carbocycles. The Balaban J connectivity index is 1.97. The van der Waals surface area contributed by atoms with Crippen molar-refractivity contribution in [2.45, 2.75) is 53.1 Å². The molecule has 0 aliphatic heterocycles. The maximum Gasteiger partial charge on any atom is 0.138 e. The van der Waals surface area contributed by atoms with E-state index in [4.69, 9.17) is 10.3 Å². The van der Waals surface area contributed by atoms with Gasteiger partial charge in [-0.3, -0.25) is 0 Å². The van der Waals surface area contributed by atoms with E-state index >= 15 is 0 Å². The van der Waals surface area contributed by atoms with E-state index in [2.05, 4.69) is 35.8 Å². The second-order valence-corrected chi connectivity index (χ2v) is 6.80. The summed E-state index contributed by atoms with van der Waals surface area (Å²) < 4.78 is 7.57. The van der Waals surface area contributed by atoms with E-state index in [1.54, 1.807) is 0 Å². The third-order valence-corrected chi connectivity index (χ3v) is 4.44. The molecule has 1 unspecified atom stereocenters. The van der Waals surface area contributed by atoms with Crippen LogP contribution in [0.3, 0.4) is 0 Å². The second kappa shape index (κ2) is 4.48. The maximum absolute atomic E-state index is 6.32. The van der Waals surface area contributed by atoms with Crippen molar-refractivity contribution in [1.82, 2.24) is 9.72 Å². The molecule has 2 aromatic rings. The molecular weight excluding hydrogens is 250 g/mol. The van der Waals surface area contributed by atoms with Crippen LogP contribution < -0.4 is 5.73 Å². The monoisotopic (exact) mass is 273 g/mol. The summed E-state index contributed by atoms with van der Waals surface area (Å²) in [6.45, 7) is 9.38. The fourth-order valence-electron chi connectivity index (χ4n) is 3.34. The van der Waals surface area contributed by atoms with Crippen LogP contribution >= 0.6 is 0 Å². The Morgan fingerprint density at radius 1 is 1.45 bits per heavy atom. The number of nitrogens with zero attached hydrogens (tertiary/aromatic N) is 2. The Labute approximate surface area is 119 Å². The summed E-state index contributed by atoms with van der Waals surface area (Å²) in [5.74, 6) is 0.907. The minimum absolute atomic E-state index is 0.152. The van der Waals surface area contributed by atoms with Crippen molar-refractivity contribution in [3.8, 4) is 0 Å². The Hall–Kier alpha value is -1.55. The third-order valence-electron chi connectivity index (χ3n) is 4.44. The zero-order valence-electron chi connectivity index (χ0n) is 12.7. The molecule has 0 saturated heterocycles. The number of aryl methyl sites for hydroxylation is 2. The molecule has 0 fully saturated rings. The van der Waals surface area contributed by atoms with Crippen LogP contribution in [0, 0.1) is 19.3 Å². The van der Waals surface area contributed by atoms with Crippen LogP contribution in [0.4, 0.5) is 0 Å². The Morgan fingerprint density at radius 2 is 2.20 bits per heavy atom. The minimum atomic E-state index is 0.152. The molecule has 0 radical (unpaired) electrons. The van der Waals surface area contributed by atoms with Crippen LogP contribution in [0.5, 0.6) is 0 Å². The van der Waals surface area contributed by atoms with E-state index in [-0.39, 0.29) is 11.5 Å². The van der Waals surface area contributed by atoms with Gasteiger partial charge in [0, 0.05) is 23.5 Å². The lowest BCUT2D eigenvalue weighted by atomic mass is 9.74. The molecule has 0 bridgehead atoms. The molecule has 1 aliphatic rings. The zero-order chi connectivity index (χ0) is 14.5. The molecule has 108 valence electrons. The SMILES string of the molecule is Cc1noc(C)c1Cn1ccc2c1CC(C)(C)CC2N. The highest BCUT2D eigenvalue weighted by Gasteiger charge is 2.32. The van der Waals surface area contributed by atoms with Gasteiger partial charge in [0.25, 0.3) is 0 Å². The van der Waals surface area contributed by atoms with Gasteiger partial charge in [-0.25, -0.2) is 0 Å². The van der Waals surface area contributed by atoms with E-state index in [0.717, 1.165) is 30.8 Å². The molecule has 1 atom stereocenters. The normalized spacial score (nSPS) is 20.9. The van der Waals surface area contributed by atoms with Crippen LogP contribution in [0.1, 0.15) is 54.6 Å². The first kappa shape index (κ1) is 13.4. The number of aromatic nitrogens is 2. The number of nitrogens with two attached hydrogens (primary N) is 1. The van der Waals surface area contributed by atoms with Gasteiger partial charge in [0.15, 0.2) is 0 Å². The van der Waals surface area contributed by atoms with Crippen molar-refractivity contribution < 1.29 is 4.52 Å². The summed E-state index contributed by atoms with van der Waals surface area (Å²) in [6, 6.07) is 2.33. The fourth-order valence-corrected chi connectivity index (χ4v) is 3.34. The number of fused-ring (bicyclic) bond motifs is 1. The van der Waals surface area contributed by atoms with Crippen LogP contribution in [-0.4, -0.2) is 9.72 Å². The van der Waals surface area contributed by atoms with Crippen molar-refractivity contribution in [3.63, 3.8) is 0 Å². The summed E-state index contributed by atoms with van der Waals surface area (Å²) in [5, 5.41) is 4.04. The molecule has 2 aromatic heterocycles. The summed E-state index contributed by atoms with van der Waals surface area (Å²) in [4.78, 5) is 0. The van der Waals surface area contributed by atoms with Crippen molar-refractivity contribution in [3.05, 3.63) is 40.5 Å². The van der Waals surface area contributed by atoms with Gasteiger partial charge in [0.1, 0.15) is 5.76 Å². The molecule has 4 nitrogen and oxygen atoms in total. The lowest BCUT2D eigenvalue weighted by Crippen LogP contribution is -2.30. The number of rotatable bonds is 2. The molecule has 4 heteroatoms. The topological polar surface area (TPSA) is 57.0 Å². The van der Waals surface area contributed by atoms with E-state index in [9.17, 15) is 0 Å². The van der Waals surface area contributed by atoms with Gasteiger partial charge in [-0.2, -0.15) is 0 Å². The first-order chi connectivity index (χ1) is 9.37. The fraction of sp³-hybridized carbons (Fsp3) is 0.562. The van der Waals surface area contributed by atoms with E-state index in [0.29, 0.717) is 0 Å². The Kier molecular flexibility index (Phi) is 3.01. The van der Waals surface area contributed by atoms with Crippen LogP contribution in [0.15, 0.2) is 16.8 Å². The van der Waals surface area contributed by atoms with Gasteiger partial charge in [-0.15, -0.1) is 0 Å². The van der Waals surface area contributed by atoms with Gasteiger partial charge in [0.2, 0.25) is 0 Å². The van der Waals surface area contributed by atoms with Crippen molar-refractivity contribution in [2.24, 2.45) is 11.1 Å². The van der Waals surface area contributed by atoms with Crippen LogP contribution in [0.2, 0.25) is 0 Å². The highest BCUT2D eigenvalue weighted by atomic mass is 16.5. The number of hydrogen-bond acceptors (Lipinski definition) is 3.